The molecule has 2 heterocycles. The highest BCUT2D eigenvalue weighted by Gasteiger charge is 2.34. The number of hydrogen-bond donors (Lipinski definition) is 0. The standard InChI is InChI=1S/C23H26ClFN4O/c1-2-27-11-13-28(14-12-27)16-23(30)29-22(17-7-9-18(24)10-8-17)15-21(26-29)19-5-3-4-6-20(19)25/h3-10,22H,2,11-16H2,1H3/t22-/m0/s1. The van der Waals surface area contributed by atoms with Gasteiger partial charge in [0.1, 0.15) is 5.82 Å². The second-order valence-corrected chi connectivity index (χ2v) is 8.18. The van der Waals surface area contributed by atoms with Gasteiger partial charge in [0.2, 0.25) is 0 Å². The minimum atomic E-state index is -0.323. The summed E-state index contributed by atoms with van der Waals surface area (Å²) >= 11 is 6.05. The maximum absolute atomic E-state index is 14.4. The van der Waals surface area contributed by atoms with Crippen molar-refractivity contribution in [1.29, 1.82) is 0 Å². The molecule has 1 atom stereocenters. The van der Waals surface area contributed by atoms with E-state index in [2.05, 4.69) is 21.8 Å². The average molecular weight is 429 g/mol. The number of carbonyl (C=O) groups excluding carboxylic acids is 1. The Hall–Kier alpha value is -2.28. The van der Waals surface area contributed by atoms with Crippen molar-refractivity contribution in [3.05, 3.63) is 70.5 Å². The van der Waals surface area contributed by atoms with Crippen molar-refractivity contribution in [2.45, 2.75) is 19.4 Å². The molecule has 0 radical (unpaired) electrons. The summed E-state index contributed by atoms with van der Waals surface area (Å²) in [6, 6.07) is 13.8. The molecule has 0 bridgehead atoms. The van der Waals surface area contributed by atoms with Crippen LogP contribution in [0.25, 0.3) is 0 Å². The highest BCUT2D eigenvalue weighted by Crippen LogP contribution is 2.34. The summed E-state index contributed by atoms with van der Waals surface area (Å²) in [6.07, 6.45) is 0.470. The third-order valence-electron chi connectivity index (χ3n) is 5.88. The first-order valence-electron chi connectivity index (χ1n) is 10.4. The zero-order valence-corrected chi connectivity index (χ0v) is 17.9. The van der Waals surface area contributed by atoms with Crippen molar-refractivity contribution in [2.24, 2.45) is 5.10 Å². The Morgan fingerprint density at radius 2 is 1.73 bits per heavy atom. The number of nitrogens with zero attached hydrogens (tertiary/aromatic N) is 4. The van der Waals surface area contributed by atoms with E-state index in [0.717, 1.165) is 38.3 Å². The van der Waals surface area contributed by atoms with Gasteiger partial charge in [-0.1, -0.05) is 48.9 Å². The van der Waals surface area contributed by atoms with Gasteiger partial charge in [0.05, 0.1) is 18.3 Å². The van der Waals surface area contributed by atoms with Crippen LogP contribution in [0, 0.1) is 5.82 Å². The number of hydrazone groups is 1. The first-order chi connectivity index (χ1) is 14.5. The quantitative estimate of drug-likeness (QED) is 0.727. The lowest BCUT2D eigenvalue weighted by Crippen LogP contribution is -2.49. The first kappa shape index (κ1) is 21.0. The Morgan fingerprint density at radius 1 is 1.07 bits per heavy atom. The van der Waals surface area contributed by atoms with Crippen molar-refractivity contribution in [3.63, 3.8) is 0 Å². The molecule has 2 aromatic rings. The molecule has 0 unspecified atom stereocenters. The lowest BCUT2D eigenvalue weighted by molar-refractivity contribution is -0.134. The number of hydrogen-bond acceptors (Lipinski definition) is 4. The van der Waals surface area contributed by atoms with Crippen LogP contribution in [0.3, 0.4) is 0 Å². The topological polar surface area (TPSA) is 39.1 Å². The molecular formula is C23H26ClFN4O. The summed E-state index contributed by atoms with van der Waals surface area (Å²) in [7, 11) is 0. The minimum Gasteiger partial charge on any atom is -0.301 e. The fraction of sp³-hybridized carbons (Fsp3) is 0.391. The fourth-order valence-corrected chi connectivity index (χ4v) is 4.20. The molecule has 4 rings (SSSR count). The van der Waals surface area contributed by atoms with E-state index >= 15 is 0 Å². The fourth-order valence-electron chi connectivity index (χ4n) is 4.07. The molecule has 2 aromatic carbocycles. The Kier molecular flexibility index (Phi) is 6.46. The minimum absolute atomic E-state index is 0.0637. The van der Waals surface area contributed by atoms with E-state index in [0.29, 0.717) is 29.3 Å². The predicted octanol–water partition coefficient (Wildman–Crippen LogP) is 3.79. The van der Waals surface area contributed by atoms with Crippen LogP contribution >= 0.6 is 11.6 Å². The van der Waals surface area contributed by atoms with Gasteiger partial charge in [-0.05, 0) is 30.3 Å². The Morgan fingerprint density at radius 3 is 2.40 bits per heavy atom. The van der Waals surface area contributed by atoms with Gasteiger partial charge in [-0.25, -0.2) is 9.40 Å². The van der Waals surface area contributed by atoms with E-state index in [1.165, 1.54) is 11.1 Å². The molecule has 0 N–H and O–H groups in total. The summed E-state index contributed by atoms with van der Waals surface area (Å²) in [5, 5.41) is 6.76. The molecule has 1 amide bonds. The van der Waals surface area contributed by atoms with Gasteiger partial charge >= 0.3 is 0 Å². The van der Waals surface area contributed by atoms with Crippen LogP contribution in [-0.2, 0) is 4.79 Å². The molecule has 0 saturated carbocycles. The Labute approximate surface area is 181 Å². The zero-order valence-electron chi connectivity index (χ0n) is 17.1. The van der Waals surface area contributed by atoms with E-state index in [9.17, 15) is 9.18 Å². The maximum Gasteiger partial charge on any atom is 0.257 e. The summed E-state index contributed by atoms with van der Waals surface area (Å²) in [5.41, 5.74) is 1.99. The normalized spacial score (nSPS) is 20.4. The smallest absolute Gasteiger partial charge is 0.257 e. The maximum atomic E-state index is 14.4. The van der Waals surface area contributed by atoms with Crippen LogP contribution in [0.1, 0.15) is 30.5 Å². The predicted molar refractivity (Wildman–Crippen MR) is 117 cm³/mol. The molecule has 7 heteroatoms. The van der Waals surface area contributed by atoms with Crippen molar-refractivity contribution >= 4 is 23.2 Å². The molecular weight excluding hydrogens is 403 g/mol. The van der Waals surface area contributed by atoms with Gasteiger partial charge in [0.25, 0.3) is 5.91 Å². The third-order valence-corrected chi connectivity index (χ3v) is 6.13. The third kappa shape index (κ3) is 4.56. The molecule has 30 heavy (non-hydrogen) atoms. The number of halogens is 2. The zero-order chi connectivity index (χ0) is 21.1. The van der Waals surface area contributed by atoms with Crippen LogP contribution in [0.4, 0.5) is 4.39 Å². The van der Waals surface area contributed by atoms with Gasteiger partial charge < -0.3 is 4.90 Å². The number of likely N-dealkylation sites (N-methyl/N-ethyl adjacent to an activating group) is 1. The molecule has 0 spiro atoms. The average Bonchev–Trinajstić information content (AvgIpc) is 3.20. The van der Waals surface area contributed by atoms with E-state index in [4.69, 9.17) is 11.6 Å². The van der Waals surface area contributed by atoms with Crippen molar-refractivity contribution in [1.82, 2.24) is 14.8 Å². The molecule has 0 aliphatic carbocycles. The van der Waals surface area contributed by atoms with Gasteiger partial charge in [-0.3, -0.25) is 9.69 Å². The lowest BCUT2D eigenvalue weighted by Gasteiger charge is -2.34. The molecule has 2 aliphatic heterocycles. The van der Waals surface area contributed by atoms with Crippen molar-refractivity contribution < 1.29 is 9.18 Å². The van der Waals surface area contributed by atoms with E-state index < -0.39 is 0 Å². The van der Waals surface area contributed by atoms with E-state index in [1.807, 2.05) is 24.3 Å². The van der Waals surface area contributed by atoms with E-state index in [1.54, 1.807) is 18.2 Å². The highest BCUT2D eigenvalue weighted by atomic mass is 35.5. The summed E-state index contributed by atoms with van der Waals surface area (Å²) < 4.78 is 14.4. The number of piperazine rings is 1. The SMILES string of the molecule is CCN1CCN(CC(=O)N2N=C(c3ccccc3F)C[C@H]2c2ccc(Cl)cc2)CC1. The summed E-state index contributed by atoms with van der Waals surface area (Å²) in [6.45, 7) is 7.16. The summed E-state index contributed by atoms with van der Waals surface area (Å²) in [5.74, 6) is -0.387. The molecule has 2 aliphatic rings. The first-order valence-corrected chi connectivity index (χ1v) is 10.8. The number of amides is 1. The van der Waals surface area contributed by atoms with Crippen LogP contribution < -0.4 is 0 Å². The molecule has 5 nitrogen and oxygen atoms in total. The number of benzene rings is 2. The lowest BCUT2D eigenvalue weighted by atomic mass is 9.98. The molecule has 1 fully saturated rings. The van der Waals surface area contributed by atoms with E-state index in [-0.39, 0.29) is 17.8 Å². The molecule has 158 valence electrons. The highest BCUT2D eigenvalue weighted by molar-refractivity contribution is 6.30. The van der Waals surface area contributed by atoms with Gasteiger partial charge in [0.15, 0.2) is 0 Å². The van der Waals surface area contributed by atoms with Gasteiger partial charge in [-0.2, -0.15) is 5.10 Å². The van der Waals surface area contributed by atoms with Gasteiger partial charge in [-0.15, -0.1) is 0 Å². The van der Waals surface area contributed by atoms with Crippen LogP contribution in [-0.4, -0.2) is 65.7 Å². The second-order valence-electron chi connectivity index (χ2n) is 7.75. The Bertz CT molecular complexity index is 925. The largest absolute Gasteiger partial charge is 0.301 e. The van der Waals surface area contributed by atoms with Crippen LogP contribution in [0.2, 0.25) is 5.02 Å². The number of rotatable bonds is 5. The van der Waals surface area contributed by atoms with Crippen molar-refractivity contribution in [3.8, 4) is 0 Å². The monoisotopic (exact) mass is 428 g/mol. The van der Waals surface area contributed by atoms with Gasteiger partial charge in [0, 0.05) is 43.2 Å². The van der Waals surface area contributed by atoms with Crippen molar-refractivity contribution in [2.75, 3.05) is 39.3 Å². The Balaban J connectivity index is 1.56. The van der Waals surface area contributed by atoms with Crippen LogP contribution in [0.15, 0.2) is 53.6 Å². The summed E-state index contributed by atoms with van der Waals surface area (Å²) in [4.78, 5) is 17.8. The second kappa shape index (κ2) is 9.25. The molecule has 0 aromatic heterocycles. The number of carbonyl (C=O) groups is 1. The molecule has 1 saturated heterocycles. The van der Waals surface area contributed by atoms with Crippen LogP contribution in [0.5, 0.6) is 0 Å².